The van der Waals surface area contributed by atoms with Gasteiger partial charge < -0.3 is 14.8 Å². The van der Waals surface area contributed by atoms with Gasteiger partial charge in [-0.05, 0) is 31.4 Å². The van der Waals surface area contributed by atoms with Crippen LogP contribution in [0.5, 0.6) is 5.75 Å². The molecule has 3 aromatic rings. The minimum absolute atomic E-state index is 0.00235. The van der Waals surface area contributed by atoms with Gasteiger partial charge in [-0.2, -0.15) is 0 Å². The molecule has 8 heteroatoms. The van der Waals surface area contributed by atoms with Gasteiger partial charge in [0.25, 0.3) is 0 Å². The number of aromatic nitrogens is 1. The second-order valence-corrected chi connectivity index (χ2v) is 11.4. The minimum Gasteiger partial charge on any atom is -0.488 e. The number of aliphatic hydroxyl groups is 1. The molecule has 0 aliphatic carbocycles. The van der Waals surface area contributed by atoms with Gasteiger partial charge in [-0.25, -0.2) is 8.78 Å². The number of nitrogens with one attached hydrogen (secondary N) is 1. The first kappa shape index (κ1) is 26.1. The number of aromatic amines is 1. The summed E-state index contributed by atoms with van der Waals surface area (Å²) in [5, 5.41) is 11.0. The fourth-order valence-electron chi connectivity index (χ4n) is 5.75. The first-order valence-corrected chi connectivity index (χ1v) is 13.1. The minimum atomic E-state index is -0.675. The summed E-state index contributed by atoms with van der Waals surface area (Å²) in [7, 11) is 0. The summed E-state index contributed by atoms with van der Waals surface area (Å²) in [6.07, 6.45) is 1.05. The first-order valence-electron chi connectivity index (χ1n) is 13.1. The lowest BCUT2D eigenvalue weighted by Crippen LogP contribution is -2.53. The van der Waals surface area contributed by atoms with Gasteiger partial charge in [0.05, 0.1) is 12.7 Å². The third-order valence-corrected chi connectivity index (χ3v) is 7.72. The number of fused-ring (bicyclic) bond motifs is 3. The quantitative estimate of drug-likeness (QED) is 0.410. The van der Waals surface area contributed by atoms with Crippen molar-refractivity contribution < 1.29 is 23.0 Å². The molecule has 0 radical (unpaired) electrons. The van der Waals surface area contributed by atoms with Crippen LogP contribution in [0, 0.1) is 17.0 Å². The van der Waals surface area contributed by atoms with E-state index in [9.17, 15) is 9.50 Å². The number of para-hydroxylation sites is 1. The van der Waals surface area contributed by atoms with E-state index in [2.05, 4.69) is 21.7 Å². The van der Waals surface area contributed by atoms with E-state index in [0.29, 0.717) is 32.6 Å². The van der Waals surface area contributed by atoms with Crippen LogP contribution in [-0.2, 0) is 6.42 Å². The number of benzene rings is 2. The molecule has 3 heterocycles. The van der Waals surface area contributed by atoms with Crippen molar-refractivity contribution in [3.05, 3.63) is 64.9 Å². The Kier molecular flexibility index (Phi) is 7.27. The van der Waals surface area contributed by atoms with Gasteiger partial charge in [0.1, 0.15) is 23.5 Å². The van der Waals surface area contributed by atoms with Gasteiger partial charge in [-0.15, -0.1) is 0 Å². The molecule has 2 aliphatic heterocycles. The predicted octanol–water partition coefficient (Wildman–Crippen LogP) is 5.22. The maximum atomic E-state index is 15.8. The molecule has 0 amide bonds. The van der Waals surface area contributed by atoms with Crippen molar-refractivity contribution in [2.45, 2.75) is 51.8 Å². The third-order valence-electron chi connectivity index (χ3n) is 7.72. The molecule has 5 rings (SSSR count). The largest absolute Gasteiger partial charge is 0.488 e. The van der Waals surface area contributed by atoms with E-state index in [-0.39, 0.29) is 36.7 Å². The Bertz CT molecular complexity index is 1230. The van der Waals surface area contributed by atoms with Gasteiger partial charge >= 0.3 is 0 Å². The van der Waals surface area contributed by atoms with Gasteiger partial charge in [-0.3, -0.25) is 14.2 Å². The zero-order valence-corrected chi connectivity index (χ0v) is 21.7. The smallest absolute Gasteiger partial charge is 0.135 e. The normalized spacial score (nSPS) is 21.3. The number of ether oxygens (including phenoxy) is 1. The highest BCUT2D eigenvalue weighted by Crippen LogP contribution is 2.44. The summed E-state index contributed by atoms with van der Waals surface area (Å²) in [4.78, 5) is 7.62. The molecule has 37 heavy (non-hydrogen) atoms. The molecule has 2 atom stereocenters. The second-order valence-electron chi connectivity index (χ2n) is 11.4. The van der Waals surface area contributed by atoms with Crippen LogP contribution >= 0.6 is 0 Å². The lowest BCUT2D eigenvalue weighted by molar-refractivity contribution is 0.0179. The van der Waals surface area contributed by atoms with Crippen LogP contribution in [-0.4, -0.2) is 71.5 Å². The topological polar surface area (TPSA) is 51.7 Å². The standard InChI is InChI=1S/C29H36F3N3O2/c1-18-11-22-21-7-4-5-8-25(21)33-27(22)28(35(18)16-29(2,3)17-36)26-23(31)12-19(13-24(26)32)37-20-14-34(15-20)10-6-9-30/h4-5,7-8,12-13,18,20,28,33,36H,6,9-11,14-17H2,1-3H3/t18-,28-/m1/s1. The molecule has 0 saturated carbocycles. The molecule has 1 aromatic heterocycles. The number of hydrogen-bond donors (Lipinski definition) is 2. The van der Waals surface area contributed by atoms with Crippen LogP contribution in [0.15, 0.2) is 36.4 Å². The maximum absolute atomic E-state index is 15.8. The highest BCUT2D eigenvalue weighted by atomic mass is 19.1. The Balaban J connectivity index is 1.50. The van der Waals surface area contributed by atoms with Gasteiger partial charge in [0.15, 0.2) is 0 Å². The number of aliphatic hydroxyl groups excluding tert-OH is 1. The average Bonchev–Trinajstić information content (AvgIpc) is 3.19. The Morgan fingerprint density at radius 2 is 1.84 bits per heavy atom. The van der Waals surface area contributed by atoms with E-state index in [1.54, 1.807) is 0 Å². The summed E-state index contributed by atoms with van der Waals surface area (Å²) >= 11 is 0. The molecular weight excluding hydrogens is 479 g/mol. The van der Waals surface area contributed by atoms with E-state index in [1.807, 2.05) is 38.1 Å². The summed E-state index contributed by atoms with van der Waals surface area (Å²) in [6.45, 7) is 7.95. The molecule has 1 saturated heterocycles. The molecule has 0 bridgehead atoms. The molecule has 2 aliphatic rings. The van der Waals surface area contributed by atoms with E-state index >= 15 is 8.78 Å². The molecule has 2 aromatic carbocycles. The molecular formula is C29H36F3N3O2. The number of rotatable bonds is 9. The van der Waals surface area contributed by atoms with Crippen molar-refractivity contribution in [3.63, 3.8) is 0 Å². The fraction of sp³-hybridized carbons (Fsp3) is 0.517. The second kappa shape index (κ2) is 10.3. The Labute approximate surface area is 216 Å². The summed E-state index contributed by atoms with van der Waals surface area (Å²) in [5.41, 5.74) is 2.34. The number of nitrogens with zero attached hydrogens (tertiary/aromatic N) is 2. The first-order chi connectivity index (χ1) is 17.7. The van der Waals surface area contributed by atoms with Crippen LogP contribution in [0.1, 0.15) is 50.1 Å². The van der Waals surface area contributed by atoms with E-state index in [0.717, 1.165) is 28.6 Å². The average molecular weight is 516 g/mol. The predicted molar refractivity (Wildman–Crippen MR) is 139 cm³/mol. The summed E-state index contributed by atoms with van der Waals surface area (Å²) < 4.78 is 49.9. The van der Waals surface area contributed by atoms with Gasteiger partial charge in [-0.1, -0.05) is 32.0 Å². The number of likely N-dealkylation sites (tertiary alicyclic amines) is 1. The van der Waals surface area contributed by atoms with E-state index in [1.165, 1.54) is 12.1 Å². The molecule has 200 valence electrons. The zero-order chi connectivity index (χ0) is 26.3. The maximum Gasteiger partial charge on any atom is 0.135 e. The highest BCUT2D eigenvalue weighted by molar-refractivity contribution is 5.85. The number of alkyl halides is 1. The fourth-order valence-corrected chi connectivity index (χ4v) is 5.75. The van der Waals surface area contributed by atoms with Crippen molar-refractivity contribution in [2.24, 2.45) is 5.41 Å². The van der Waals surface area contributed by atoms with Crippen molar-refractivity contribution in [1.82, 2.24) is 14.8 Å². The van der Waals surface area contributed by atoms with Crippen LogP contribution in [0.2, 0.25) is 0 Å². The zero-order valence-electron chi connectivity index (χ0n) is 21.7. The van der Waals surface area contributed by atoms with Crippen LogP contribution in [0.4, 0.5) is 13.2 Å². The number of hydrogen-bond acceptors (Lipinski definition) is 4. The van der Waals surface area contributed by atoms with Crippen molar-refractivity contribution in [1.29, 1.82) is 0 Å². The number of H-pyrrole nitrogens is 1. The number of halogens is 3. The van der Waals surface area contributed by atoms with E-state index in [4.69, 9.17) is 4.74 Å². The molecule has 0 spiro atoms. The van der Waals surface area contributed by atoms with Crippen molar-refractivity contribution in [2.75, 3.05) is 39.5 Å². The van der Waals surface area contributed by atoms with Crippen LogP contribution in [0.25, 0.3) is 10.9 Å². The SMILES string of the molecule is C[C@@H]1Cc2c([nH]c3ccccc23)[C@@H](c2c(F)cc(OC3CN(CCCF)C3)cc2F)N1CC(C)(C)CO. The van der Waals surface area contributed by atoms with E-state index < -0.39 is 23.1 Å². The monoisotopic (exact) mass is 515 g/mol. The lowest BCUT2D eigenvalue weighted by atomic mass is 9.84. The molecule has 1 fully saturated rings. The Morgan fingerprint density at radius 1 is 1.14 bits per heavy atom. The third kappa shape index (κ3) is 5.11. The van der Waals surface area contributed by atoms with Crippen molar-refractivity contribution in [3.8, 4) is 5.75 Å². The van der Waals surface area contributed by atoms with Gasteiger partial charge in [0, 0.05) is 78.5 Å². The van der Waals surface area contributed by atoms with Crippen LogP contribution in [0.3, 0.4) is 0 Å². The Hall–Kier alpha value is -2.55. The Morgan fingerprint density at radius 3 is 2.51 bits per heavy atom. The highest BCUT2D eigenvalue weighted by Gasteiger charge is 2.41. The molecule has 5 nitrogen and oxygen atoms in total. The van der Waals surface area contributed by atoms with Crippen molar-refractivity contribution >= 4 is 10.9 Å². The summed E-state index contributed by atoms with van der Waals surface area (Å²) in [6, 6.07) is 9.83. The molecule has 0 unspecified atom stereocenters. The molecule has 2 N–H and O–H groups in total. The summed E-state index contributed by atoms with van der Waals surface area (Å²) in [5.74, 6) is -1.14. The lowest BCUT2D eigenvalue weighted by Gasteiger charge is -2.44. The van der Waals surface area contributed by atoms with Gasteiger partial charge in [0.2, 0.25) is 0 Å². The van der Waals surface area contributed by atoms with Crippen LogP contribution < -0.4 is 4.74 Å².